The van der Waals surface area contributed by atoms with Crippen LogP contribution in [0.1, 0.15) is 25.7 Å². The second-order valence-corrected chi connectivity index (χ2v) is 6.02. The molecule has 0 bridgehead atoms. The maximum absolute atomic E-state index is 11.8. The molecule has 0 saturated heterocycles. The van der Waals surface area contributed by atoms with E-state index in [1.54, 1.807) is 0 Å². The molecule has 2 rings (SSSR count). The number of benzene rings is 1. The Morgan fingerprint density at radius 3 is 2.67 bits per heavy atom. The van der Waals surface area contributed by atoms with Gasteiger partial charge in [0.2, 0.25) is 5.91 Å². The normalized spacial score (nSPS) is 21.0. The number of rotatable bonds is 6. The largest absolute Gasteiger partial charge is 0.493 e. The Hall–Kier alpha value is -1.56. The zero-order valence-electron chi connectivity index (χ0n) is 11.5. The predicted molar refractivity (Wildman–Crippen MR) is 81.2 cm³/mol. The van der Waals surface area contributed by atoms with E-state index < -0.39 is 11.9 Å². The van der Waals surface area contributed by atoms with Gasteiger partial charge in [0.25, 0.3) is 0 Å². The fourth-order valence-corrected chi connectivity index (χ4v) is 2.76. The molecule has 5 nitrogen and oxygen atoms in total. The van der Waals surface area contributed by atoms with Crippen LogP contribution in [0.5, 0.6) is 5.75 Å². The molecule has 21 heavy (non-hydrogen) atoms. The second kappa shape index (κ2) is 7.45. The van der Waals surface area contributed by atoms with Gasteiger partial charge in [0.1, 0.15) is 5.75 Å². The van der Waals surface area contributed by atoms with Crippen molar-refractivity contribution >= 4 is 27.8 Å². The van der Waals surface area contributed by atoms with E-state index in [2.05, 4.69) is 21.2 Å². The molecule has 114 valence electrons. The average molecular weight is 356 g/mol. The zero-order valence-corrected chi connectivity index (χ0v) is 13.1. The lowest BCUT2D eigenvalue weighted by Crippen LogP contribution is -2.40. The van der Waals surface area contributed by atoms with Crippen molar-refractivity contribution in [1.29, 1.82) is 0 Å². The van der Waals surface area contributed by atoms with Gasteiger partial charge in [-0.15, -0.1) is 0 Å². The summed E-state index contributed by atoms with van der Waals surface area (Å²) in [6.45, 7) is 0.276. The Balaban J connectivity index is 1.72. The number of carboxylic acid groups (broad SMARTS) is 1. The van der Waals surface area contributed by atoms with E-state index in [0.717, 1.165) is 17.3 Å². The second-order valence-electron chi connectivity index (χ2n) is 5.10. The van der Waals surface area contributed by atoms with Gasteiger partial charge in [0.15, 0.2) is 0 Å². The standard InChI is InChI=1S/C15H18BrNO4/c16-10-4-6-11(7-5-10)21-9-8-14(18)17-13-3-1-2-12(13)15(19)20/h4-7,12-13H,1-3,8-9H2,(H,17,18)(H,19,20). The zero-order chi connectivity index (χ0) is 15.2. The summed E-state index contributed by atoms with van der Waals surface area (Å²) in [6.07, 6.45) is 2.43. The summed E-state index contributed by atoms with van der Waals surface area (Å²) < 4.78 is 6.44. The first-order valence-corrected chi connectivity index (χ1v) is 7.76. The van der Waals surface area contributed by atoms with Crippen LogP contribution in [0.3, 0.4) is 0 Å². The van der Waals surface area contributed by atoms with Crippen molar-refractivity contribution in [3.8, 4) is 5.75 Å². The van der Waals surface area contributed by atoms with Gasteiger partial charge in [0.05, 0.1) is 18.9 Å². The van der Waals surface area contributed by atoms with E-state index in [1.807, 2.05) is 24.3 Å². The van der Waals surface area contributed by atoms with Crippen LogP contribution in [0.25, 0.3) is 0 Å². The number of carboxylic acids is 1. The Labute approximate surface area is 131 Å². The Morgan fingerprint density at radius 1 is 1.29 bits per heavy atom. The molecular formula is C15H18BrNO4. The molecule has 1 saturated carbocycles. The van der Waals surface area contributed by atoms with Crippen molar-refractivity contribution in [3.63, 3.8) is 0 Å². The maximum Gasteiger partial charge on any atom is 0.308 e. The van der Waals surface area contributed by atoms with Crippen LogP contribution < -0.4 is 10.1 Å². The number of aliphatic carboxylic acids is 1. The third-order valence-electron chi connectivity index (χ3n) is 3.59. The van der Waals surface area contributed by atoms with Gasteiger partial charge in [-0.2, -0.15) is 0 Å². The average Bonchev–Trinajstić information content (AvgIpc) is 2.89. The van der Waals surface area contributed by atoms with Crippen LogP contribution in [0.15, 0.2) is 28.7 Å². The molecule has 1 aliphatic carbocycles. The van der Waals surface area contributed by atoms with E-state index in [9.17, 15) is 9.59 Å². The highest BCUT2D eigenvalue weighted by Crippen LogP contribution is 2.25. The van der Waals surface area contributed by atoms with Crippen molar-refractivity contribution < 1.29 is 19.4 Å². The molecular weight excluding hydrogens is 338 g/mol. The van der Waals surface area contributed by atoms with Gasteiger partial charge in [-0.05, 0) is 37.1 Å². The van der Waals surface area contributed by atoms with Crippen molar-refractivity contribution in [2.75, 3.05) is 6.61 Å². The highest BCUT2D eigenvalue weighted by molar-refractivity contribution is 9.10. The molecule has 0 heterocycles. The number of hydrogen-bond donors (Lipinski definition) is 2. The van der Waals surface area contributed by atoms with E-state index in [4.69, 9.17) is 9.84 Å². The van der Waals surface area contributed by atoms with E-state index >= 15 is 0 Å². The highest BCUT2D eigenvalue weighted by Gasteiger charge is 2.33. The van der Waals surface area contributed by atoms with Crippen LogP contribution in [0.4, 0.5) is 0 Å². The molecule has 1 aromatic carbocycles. The summed E-state index contributed by atoms with van der Waals surface area (Å²) in [7, 11) is 0. The number of hydrogen-bond acceptors (Lipinski definition) is 3. The fourth-order valence-electron chi connectivity index (χ4n) is 2.50. The summed E-state index contributed by atoms with van der Waals surface area (Å²) in [5.41, 5.74) is 0. The van der Waals surface area contributed by atoms with Gasteiger partial charge >= 0.3 is 5.97 Å². The van der Waals surface area contributed by atoms with E-state index in [0.29, 0.717) is 12.2 Å². The van der Waals surface area contributed by atoms with Gasteiger partial charge < -0.3 is 15.2 Å². The van der Waals surface area contributed by atoms with Crippen LogP contribution in [0.2, 0.25) is 0 Å². The summed E-state index contributed by atoms with van der Waals surface area (Å²) in [5.74, 6) is -0.745. The lowest BCUT2D eigenvalue weighted by Gasteiger charge is -2.17. The predicted octanol–water partition coefficient (Wildman–Crippen LogP) is 2.59. The van der Waals surface area contributed by atoms with Crippen LogP contribution in [-0.4, -0.2) is 29.6 Å². The molecule has 1 fully saturated rings. The lowest BCUT2D eigenvalue weighted by molar-refractivity contribution is -0.142. The molecule has 0 radical (unpaired) electrons. The number of carbonyl (C=O) groups is 2. The summed E-state index contributed by atoms with van der Waals surface area (Å²) in [5, 5.41) is 11.9. The number of amides is 1. The summed E-state index contributed by atoms with van der Waals surface area (Å²) >= 11 is 3.34. The molecule has 2 atom stereocenters. The fraction of sp³-hybridized carbons (Fsp3) is 0.467. The topological polar surface area (TPSA) is 75.6 Å². The first kappa shape index (κ1) is 15.8. The van der Waals surface area contributed by atoms with Crippen molar-refractivity contribution in [2.45, 2.75) is 31.7 Å². The summed E-state index contributed by atoms with van der Waals surface area (Å²) in [4.78, 5) is 22.9. The molecule has 0 aliphatic heterocycles. The maximum atomic E-state index is 11.8. The van der Waals surface area contributed by atoms with Crippen LogP contribution in [0, 0.1) is 5.92 Å². The van der Waals surface area contributed by atoms with Gasteiger partial charge in [-0.25, -0.2) is 0 Å². The van der Waals surface area contributed by atoms with Crippen molar-refractivity contribution in [2.24, 2.45) is 5.92 Å². The molecule has 2 unspecified atom stereocenters. The SMILES string of the molecule is O=C(CCOc1ccc(Br)cc1)NC1CCCC1C(=O)O. The third-order valence-corrected chi connectivity index (χ3v) is 4.12. The van der Waals surface area contributed by atoms with Crippen molar-refractivity contribution in [1.82, 2.24) is 5.32 Å². The monoisotopic (exact) mass is 355 g/mol. The molecule has 1 aliphatic rings. The van der Waals surface area contributed by atoms with Gasteiger partial charge in [-0.1, -0.05) is 22.4 Å². The first-order chi connectivity index (χ1) is 10.1. The molecule has 1 amide bonds. The number of nitrogens with one attached hydrogen (secondary N) is 1. The number of halogens is 1. The first-order valence-electron chi connectivity index (χ1n) is 6.97. The number of carbonyl (C=O) groups excluding carboxylic acids is 1. The quantitative estimate of drug-likeness (QED) is 0.822. The molecule has 2 N–H and O–H groups in total. The van der Waals surface area contributed by atoms with E-state index in [1.165, 1.54) is 0 Å². The minimum absolute atomic E-state index is 0.162. The summed E-state index contributed by atoms with van der Waals surface area (Å²) in [6, 6.07) is 7.12. The number of ether oxygens (including phenoxy) is 1. The Kier molecular flexibility index (Phi) is 5.61. The smallest absolute Gasteiger partial charge is 0.308 e. The van der Waals surface area contributed by atoms with E-state index in [-0.39, 0.29) is 25.0 Å². The third kappa shape index (κ3) is 4.74. The Morgan fingerprint density at radius 2 is 2.00 bits per heavy atom. The van der Waals surface area contributed by atoms with Crippen LogP contribution >= 0.6 is 15.9 Å². The van der Waals surface area contributed by atoms with Gasteiger partial charge in [0, 0.05) is 10.5 Å². The van der Waals surface area contributed by atoms with Crippen molar-refractivity contribution in [3.05, 3.63) is 28.7 Å². The minimum Gasteiger partial charge on any atom is -0.493 e. The van der Waals surface area contributed by atoms with Crippen LogP contribution in [-0.2, 0) is 9.59 Å². The Bertz CT molecular complexity index is 503. The molecule has 1 aromatic rings. The lowest BCUT2D eigenvalue weighted by atomic mass is 10.0. The molecule has 6 heteroatoms. The van der Waals surface area contributed by atoms with Gasteiger partial charge in [-0.3, -0.25) is 9.59 Å². The molecule has 0 aromatic heterocycles. The molecule has 0 spiro atoms. The highest BCUT2D eigenvalue weighted by atomic mass is 79.9. The minimum atomic E-state index is -0.830.